The number of amides is 1. The first-order valence-corrected chi connectivity index (χ1v) is 9.58. The molecular weight excluding hydrogens is 376 g/mol. The standard InChI is InChI=1S/C24H18N4O2/c1-15(29)28-22-10-6-4-8-19(22)24(30)23(28)12-17-11-20(16-13-25-27(2)14-16)18-7-3-5-9-21(18)26-17/h3-14H,1-2H3/b23-12+. The summed E-state index contributed by atoms with van der Waals surface area (Å²) in [6.07, 6.45) is 5.43. The minimum Gasteiger partial charge on any atom is -0.287 e. The molecule has 5 rings (SSSR count). The van der Waals surface area contributed by atoms with Crippen LogP contribution in [0.3, 0.4) is 0 Å². The molecule has 0 unspecified atom stereocenters. The zero-order chi connectivity index (χ0) is 20.8. The van der Waals surface area contributed by atoms with E-state index in [1.807, 2.05) is 49.6 Å². The van der Waals surface area contributed by atoms with Crippen molar-refractivity contribution in [1.29, 1.82) is 0 Å². The highest BCUT2D eigenvalue weighted by Crippen LogP contribution is 2.36. The lowest BCUT2D eigenvalue weighted by molar-refractivity contribution is -0.116. The van der Waals surface area contributed by atoms with Crippen LogP contribution in [0.5, 0.6) is 0 Å². The van der Waals surface area contributed by atoms with Gasteiger partial charge >= 0.3 is 0 Å². The highest BCUT2D eigenvalue weighted by molar-refractivity contribution is 6.26. The van der Waals surface area contributed by atoms with Crippen LogP contribution in [0.15, 0.2) is 72.7 Å². The van der Waals surface area contributed by atoms with Crippen molar-refractivity contribution < 1.29 is 9.59 Å². The monoisotopic (exact) mass is 394 g/mol. The summed E-state index contributed by atoms with van der Waals surface area (Å²) in [5, 5.41) is 5.28. The predicted molar refractivity (Wildman–Crippen MR) is 116 cm³/mol. The topological polar surface area (TPSA) is 68.1 Å². The molecule has 1 aliphatic heterocycles. The van der Waals surface area contributed by atoms with Gasteiger partial charge in [-0.2, -0.15) is 5.10 Å². The maximum absolute atomic E-state index is 13.0. The summed E-state index contributed by atoms with van der Waals surface area (Å²) >= 11 is 0. The zero-order valence-electron chi connectivity index (χ0n) is 16.5. The van der Waals surface area contributed by atoms with E-state index < -0.39 is 0 Å². The lowest BCUT2D eigenvalue weighted by Gasteiger charge is -2.16. The number of fused-ring (bicyclic) bond motifs is 2. The van der Waals surface area contributed by atoms with Crippen LogP contribution < -0.4 is 4.90 Å². The van der Waals surface area contributed by atoms with Gasteiger partial charge in [-0.25, -0.2) is 4.98 Å². The Bertz CT molecular complexity index is 1370. The fourth-order valence-electron chi connectivity index (χ4n) is 3.91. The summed E-state index contributed by atoms with van der Waals surface area (Å²) in [6, 6.07) is 16.9. The third-order valence-corrected chi connectivity index (χ3v) is 5.21. The minimum absolute atomic E-state index is 0.182. The zero-order valence-corrected chi connectivity index (χ0v) is 16.5. The molecule has 0 saturated heterocycles. The van der Waals surface area contributed by atoms with Crippen molar-refractivity contribution in [1.82, 2.24) is 14.8 Å². The Morgan fingerprint density at radius 3 is 2.57 bits per heavy atom. The number of hydrogen-bond acceptors (Lipinski definition) is 4. The van der Waals surface area contributed by atoms with E-state index >= 15 is 0 Å². The van der Waals surface area contributed by atoms with E-state index in [4.69, 9.17) is 4.98 Å². The largest absolute Gasteiger partial charge is 0.287 e. The summed E-state index contributed by atoms with van der Waals surface area (Å²) in [4.78, 5) is 31.6. The Hall–Kier alpha value is -4.06. The number of aryl methyl sites for hydroxylation is 1. The van der Waals surface area contributed by atoms with Gasteiger partial charge in [-0.1, -0.05) is 30.3 Å². The first kappa shape index (κ1) is 18.0. The van der Waals surface area contributed by atoms with Crippen LogP contribution in [-0.4, -0.2) is 26.5 Å². The highest BCUT2D eigenvalue weighted by atomic mass is 16.2. The van der Waals surface area contributed by atoms with Gasteiger partial charge in [-0.05, 0) is 35.9 Å². The van der Waals surface area contributed by atoms with Crippen LogP contribution in [0.2, 0.25) is 0 Å². The van der Waals surface area contributed by atoms with E-state index in [1.54, 1.807) is 35.2 Å². The maximum atomic E-state index is 13.0. The van der Waals surface area contributed by atoms with Crippen molar-refractivity contribution in [3.63, 3.8) is 0 Å². The van der Waals surface area contributed by atoms with E-state index in [1.165, 1.54) is 11.8 Å². The molecule has 0 fully saturated rings. The Morgan fingerprint density at radius 1 is 1.03 bits per heavy atom. The molecule has 6 heteroatoms. The van der Waals surface area contributed by atoms with Gasteiger partial charge in [0.05, 0.1) is 28.8 Å². The fraction of sp³-hybridized carbons (Fsp3) is 0.0833. The molecule has 4 aromatic rings. The van der Waals surface area contributed by atoms with Gasteiger partial charge in [0.1, 0.15) is 0 Å². The average Bonchev–Trinajstić information content (AvgIpc) is 3.29. The molecule has 146 valence electrons. The number of pyridine rings is 1. The molecule has 0 atom stereocenters. The van der Waals surface area contributed by atoms with Crippen LogP contribution in [0.4, 0.5) is 5.69 Å². The molecule has 0 aliphatic carbocycles. The van der Waals surface area contributed by atoms with Crippen LogP contribution in [0, 0.1) is 0 Å². The van der Waals surface area contributed by atoms with E-state index in [0.29, 0.717) is 22.6 Å². The third kappa shape index (κ3) is 2.81. The van der Waals surface area contributed by atoms with Gasteiger partial charge in [0.25, 0.3) is 0 Å². The van der Waals surface area contributed by atoms with Gasteiger partial charge in [-0.15, -0.1) is 0 Å². The number of Topliss-reactive ketones (excluding diaryl/α,β-unsaturated/α-hetero) is 1. The molecule has 1 amide bonds. The number of nitrogens with zero attached hydrogens (tertiary/aromatic N) is 4. The first-order chi connectivity index (χ1) is 14.5. The number of aromatic nitrogens is 3. The van der Waals surface area contributed by atoms with Crippen molar-refractivity contribution in [2.24, 2.45) is 7.05 Å². The number of allylic oxidation sites excluding steroid dienone is 1. The molecule has 0 bridgehead atoms. The summed E-state index contributed by atoms with van der Waals surface area (Å²) in [5.74, 6) is -0.397. The normalized spacial score (nSPS) is 14.5. The number of carbonyl (C=O) groups excluding carboxylic acids is 2. The second-order valence-electron chi connectivity index (χ2n) is 7.24. The van der Waals surface area contributed by atoms with Gasteiger partial charge < -0.3 is 0 Å². The maximum Gasteiger partial charge on any atom is 0.228 e. The molecule has 0 radical (unpaired) electrons. The summed E-state index contributed by atoms with van der Waals surface area (Å²) < 4.78 is 1.75. The lowest BCUT2D eigenvalue weighted by Crippen LogP contribution is -2.25. The highest BCUT2D eigenvalue weighted by Gasteiger charge is 2.34. The van der Waals surface area contributed by atoms with Crippen LogP contribution in [0.25, 0.3) is 28.1 Å². The number of rotatable bonds is 2. The number of benzene rings is 2. The Balaban J connectivity index is 1.71. The number of anilines is 1. The summed E-state index contributed by atoms with van der Waals surface area (Å²) in [5.41, 5.74) is 4.78. The average molecular weight is 394 g/mol. The predicted octanol–water partition coefficient (Wildman–Crippen LogP) is 4.23. The minimum atomic E-state index is -0.215. The van der Waals surface area contributed by atoms with Crippen molar-refractivity contribution >= 4 is 34.4 Å². The molecule has 0 N–H and O–H groups in total. The van der Waals surface area contributed by atoms with Crippen LogP contribution in [0.1, 0.15) is 23.0 Å². The van der Waals surface area contributed by atoms with E-state index in [-0.39, 0.29) is 11.7 Å². The molecule has 0 saturated carbocycles. The SMILES string of the molecule is CC(=O)N1/C(=C/c2cc(-c3cnn(C)c3)c3ccccc3n2)C(=O)c2ccccc21. The van der Waals surface area contributed by atoms with Crippen molar-refractivity contribution in [3.8, 4) is 11.1 Å². The smallest absolute Gasteiger partial charge is 0.228 e. The molecule has 1 aliphatic rings. The van der Waals surface area contributed by atoms with Gasteiger partial charge in [0, 0.05) is 36.7 Å². The Labute approximate surface area is 173 Å². The van der Waals surface area contributed by atoms with Crippen molar-refractivity contribution in [2.75, 3.05) is 4.90 Å². The second-order valence-corrected chi connectivity index (χ2v) is 7.24. The quantitative estimate of drug-likeness (QED) is 0.477. The van der Waals surface area contributed by atoms with Gasteiger partial charge in [0.15, 0.2) is 0 Å². The van der Waals surface area contributed by atoms with E-state index in [0.717, 1.165) is 22.0 Å². The van der Waals surface area contributed by atoms with Crippen molar-refractivity contribution in [2.45, 2.75) is 6.92 Å². The number of carbonyl (C=O) groups is 2. The van der Waals surface area contributed by atoms with Crippen molar-refractivity contribution in [3.05, 3.63) is 83.9 Å². The Kier molecular flexibility index (Phi) is 4.06. The van der Waals surface area contributed by atoms with E-state index in [2.05, 4.69) is 5.10 Å². The van der Waals surface area contributed by atoms with Gasteiger partial charge in [0.2, 0.25) is 11.7 Å². The second kappa shape index (κ2) is 6.77. The molecule has 3 heterocycles. The summed E-state index contributed by atoms with van der Waals surface area (Å²) in [6.45, 7) is 1.46. The van der Waals surface area contributed by atoms with Gasteiger partial charge in [-0.3, -0.25) is 19.2 Å². The third-order valence-electron chi connectivity index (χ3n) is 5.21. The number of para-hydroxylation sites is 2. The number of hydrogen-bond donors (Lipinski definition) is 0. The molecule has 2 aromatic carbocycles. The molecular formula is C24H18N4O2. The fourth-order valence-corrected chi connectivity index (χ4v) is 3.91. The number of ketones is 1. The molecule has 30 heavy (non-hydrogen) atoms. The first-order valence-electron chi connectivity index (χ1n) is 9.58. The van der Waals surface area contributed by atoms with Crippen LogP contribution >= 0.6 is 0 Å². The molecule has 6 nitrogen and oxygen atoms in total. The summed E-state index contributed by atoms with van der Waals surface area (Å²) in [7, 11) is 1.87. The van der Waals surface area contributed by atoms with Crippen LogP contribution in [-0.2, 0) is 11.8 Å². The lowest BCUT2D eigenvalue weighted by atomic mass is 10.0. The van der Waals surface area contributed by atoms with E-state index in [9.17, 15) is 9.59 Å². The Morgan fingerprint density at radius 2 is 1.80 bits per heavy atom. The molecule has 0 spiro atoms. The molecule has 2 aromatic heterocycles.